The second-order valence-corrected chi connectivity index (χ2v) is 6.81. The number of benzene rings is 3. The average molecular weight is 404 g/mol. The molecule has 0 saturated carbocycles. The highest BCUT2D eigenvalue weighted by molar-refractivity contribution is 6.12. The van der Waals surface area contributed by atoms with Gasteiger partial charge in [-0.25, -0.2) is 0 Å². The van der Waals surface area contributed by atoms with Gasteiger partial charge >= 0.3 is 0 Å². The maximum atomic E-state index is 13.5. The van der Waals surface area contributed by atoms with Crippen LogP contribution in [-0.4, -0.2) is 26.7 Å². The SMILES string of the molecule is CCOc1cc(C2Nc3ccccc3C(=O)N2c2ccc(OC)cc2)ccc1OC. The van der Waals surface area contributed by atoms with Crippen LogP contribution >= 0.6 is 0 Å². The lowest BCUT2D eigenvalue weighted by atomic mass is 10.0. The molecule has 1 aliphatic rings. The Kier molecular flexibility index (Phi) is 5.48. The number of ether oxygens (including phenoxy) is 3. The third-order valence-corrected chi connectivity index (χ3v) is 5.08. The standard InChI is InChI=1S/C24H24N2O4/c1-4-30-22-15-16(9-14-21(22)29-3)23-25-20-8-6-5-7-19(20)24(27)26(23)17-10-12-18(28-2)13-11-17/h5-15,23,25H,4H2,1-3H3. The topological polar surface area (TPSA) is 60.0 Å². The molecule has 0 aromatic heterocycles. The fourth-order valence-corrected chi connectivity index (χ4v) is 3.63. The van der Waals surface area contributed by atoms with Gasteiger partial charge < -0.3 is 19.5 Å². The Labute approximate surface area is 176 Å². The maximum Gasteiger partial charge on any atom is 0.262 e. The first-order chi connectivity index (χ1) is 14.7. The third-order valence-electron chi connectivity index (χ3n) is 5.08. The molecule has 30 heavy (non-hydrogen) atoms. The zero-order valence-electron chi connectivity index (χ0n) is 17.2. The minimum absolute atomic E-state index is 0.0757. The molecule has 0 aliphatic carbocycles. The first-order valence-electron chi connectivity index (χ1n) is 9.80. The van der Waals surface area contributed by atoms with Crippen molar-refractivity contribution >= 4 is 17.3 Å². The largest absolute Gasteiger partial charge is 0.497 e. The van der Waals surface area contributed by atoms with Crippen molar-refractivity contribution in [3.63, 3.8) is 0 Å². The van der Waals surface area contributed by atoms with Crippen molar-refractivity contribution in [2.24, 2.45) is 0 Å². The summed E-state index contributed by atoms with van der Waals surface area (Å²) in [4.78, 5) is 15.2. The number of anilines is 2. The van der Waals surface area contributed by atoms with E-state index in [1.54, 1.807) is 19.1 Å². The van der Waals surface area contributed by atoms with Crippen LogP contribution in [0.2, 0.25) is 0 Å². The Morgan fingerprint density at radius 2 is 1.70 bits per heavy atom. The number of para-hydroxylation sites is 1. The number of hydrogen-bond acceptors (Lipinski definition) is 5. The molecular weight excluding hydrogens is 380 g/mol. The number of methoxy groups -OCH3 is 2. The number of carbonyl (C=O) groups excluding carboxylic acids is 1. The maximum absolute atomic E-state index is 13.5. The van der Waals surface area contributed by atoms with Gasteiger partial charge in [0.2, 0.25) is 0 Å². The van der Waals surface area contributed by atoms with Crippen molar-refractivity contribution in [2.45, 2.75) is 13.1 Å². The predicted molar refractivity (Wildman–Crippen MR) is 117 cm³/mol. The van der Waals surface area contributed by atoms with Gasteiger partial charge in [-0.3, -0.25) is 9.69 Å². The smallest absolute Gasteiger partial charge is 0.262 e. The van der Waals surface area contributed by atoms with Crippen LogP contribution in [0.1, 0.15) is 29.0 Å². The van der Waals surface area contributed by atoms with Crippen LogP contribution in [-0.2, 0) is 0 Å². The zero-order chi connectivity index (χ0) is 21.1. The molecule has 0 saturated heterocycles. The van der Waals surface area contributed by atoms with E-state index in [0.29, 0.717) is 23.7 Å². The molecule has 1 unspecified atom stereocenters. The van der Waals surface area contributed by atoms with E-state index in [1.165, 1.54) is 0 Å². The lowest BCUT2D eigenvalue weighted by Gasteiger charge is -2.38. The summed E-state index contributed by atoms with van der Waals surface area (Å²) in [7, 11) is 3.23. The average Bonchev–Trinajstić information content (AvgIpc) is 2.79. The second kappa shape index (κ2) is 8.37. The van der Waals surface area contributed by atoms with Gasteiger partial charge in [-0.1, -0.05) is 18.2 Å². The minimum Gasteiger partial charge on any atom is -0.497 e. The van der Waals surface area contributed by atoms with E-state index in [0.717, 1.165) is 22.7 Å². The van der Waals surface area contributed by atoms with Crippen LogP contribution in [0, 0.1) is 0 Å². The molecule has 0 bridgehead atoms. The quantitative estimate of drug-likeness (QED) is 0.635. The van der Waals surface area contributed by atoms with E-state index in [2.05, 4.69) is 5.32 Å². The van der Waals surface area contributed by atoms with Gasteiger partial charge in [-0.05, 0) is 61.0 Å². The first kappa shape index (κ1) is 19.6. The van der Waals surface area contributed by atoms with Crippen LogP contribution in [0.4, 0.5) is 11.4 Å². The van der Waals surface area contributed by atoms with Gasteiger partial charge in [0.25, 0.3) is 5.91 Å². The highest BCUT2D eigenvalue weighted by Gasteiger charge is 2.34. The highest BCUT2D eigenvalue weighted by atomic mass is 16.5. The molecular formula is C24H24N2O4. The van der Waals surface area contributed by atoms with E-state index < -0.39 is 6.17 Å². The molecule has 3 aromatic carbocycles. The number of nitrogens with one attached hydrogen (secondary N) is 1. The number of amides is 1. The summed E-state index contributed by atoms with van der Waals surface area (Å²) < 4.78 is 16.4. The van der Waals surface area contributed by atoms with Gasteiger partial charge in [0.1, 0.15) is 11.9 Å². The molecule has 1 heterocycles. The van der Waals surface area contributed by atoms with E-state index in [4.69, 9.17) is 14.2 Å². The fraction of sp³-hybridized carbons (Fsp3) is 0.208. The molecule has 0 fully saturated rings. The molecule has 6 heteroatoms. The van der Waals surface area contributed by atoms with Crippen molar-refractivity contribution < 1.29 is 19.0 Å². The van der Waals surface area contributed by atoms with Gasteiger partial charge in [0.05, 0.1) is 26.4 Å². The molecule has 1 amide bonds. The number of rotatable bonds is 6. The van der Waals surface area contributed by atoms with Crippen LogP contribution in [0.5, 0.6) is 17.2 Å². The summed E-state index contributed by atoms with van der Waals surface area (Å²) >= 11 is 0. The van der Waals surface area contributed by atoms with Crippen LogP contribution in [0.3, 0.4) is 0 Å². The molecule has 1 aliphatic heterocycles. The third kappa shape index (κ3) is 3.52. The Morgan fingerprint density at radius 3 is 2.40 bits per heavy atom. The number of nitrogens with zero attached hydrogens (tertiary/aromatic N) is 1. The minimum atomic E-state index is -0.411. The second-order valence-electron chi connectivity index (χ2n) is 6.81. The van der Waals surface area contributed by atoms with E-state index in [-0.39, 0.29) is 5.91 Å². The van der Waals surface area contributed by atoms with E-state index in [9.17, 15) is 4.79 Å². The Bertz CT molecular complexity index is 1050. The summed E-state index contributed by atoms with van der Waals surface area (Å²) in [5.74, 6) is 1.95. The zero-order valence-corrected chi connectivity index (χ0v) is 17.2. The molecule has 154 valence electrons. The van der Waals surface area contributed by atoms with Gasteiger partial charge in [0.15, 0.2) is 11.5 Å². The van der Waals surface area contributed by atoms with Gasteiger partial charge in [-0.15, -0.1) is 0 Å². The van der Waals surface area contributed by atoms with Crippen LogP contribution < -0.4 is 24.4 Å². The summed E-state index contributed by atoms with van der Waals surface area (Å²) in [6.07, 6.45) is -0.411. The Morgan fingerprint density at radius 1 is 0.933 bits per heavy atom. The molecule has 1 atom stereocenters. The molecule has 4 rings (SSSR count). The molecule has 0 spiro atoms. The molecule has 3 aromatic rings. The summed E-state index contributed by atoms with van der Waals surface area (Å²) in [6, 6.07) is 20.7. The molecule has 6 nitrogen and oxygen atoms in total. The first-order valence-corrected chi connectivity index (χ1v) is 9.80. The molecule has 0 radical (unpaired) electrons. The summed E-state index contributed by atoms with van der Waals surface area (Å²) in [5.41, 5.74) is 3.08. The van der Waals surface area contributed by atoms with Gasteiger partial charge in [-0.2, -0.15) is 0 Å². The van der Waals surface area contributed by atoms with E-state index in [1.807, 2.05) is 73.7 Å². The van der Waals surface area contributed by atoms with Crippen molar-refractivity contribution in [3.8, 4) is 17.2 Å². The highest BCUT2D eigenvalue weighted by Crippen LogP contribution is 2.39. The van der Waals surface area contributed by atoms with Gasteiger partial charge in [0, 0.05) is 11.4 Å². The monoisotopic (exact) mass is 404 g/mol. The lowest BCUT2D eigenvalue weighted by molar-refractivity contribution is 0.0975. The Balaban J connectivity index is 1.82. The van der Waals surface area contributed by atoms with Crippen molar-refractivity contribution in [1.29, 1.82) is 0 Å². The summed E-state index contributed by atoms with van der Waals surface area (Å²) in [5, 5.41) is 3.51. The lowest BCUT2D eigenvalue weighted by Crippen LogP contribution is -2.43. The summed E-state index contributed by atoms with van der Waals surface area (Å²) in [6.45, 7) is 2.44. The number of fused-ring (bicyclic) bond motifs is 1. The van der Waals surface area contributed by atoms with Crippen molar-refractivity contribution in [2.75, 3.05) is 31.0 Å². The van der Waals surface area contributed by atoms with Crippen molar-refractivity contribution in [3.05, 3.63) is 77.9 Å². The number of carbonyl (C=O) groups is 1. The van der Waals surface area contributed by atoms with Crippen LogP contribution in [0.25, 0.3) is 0 Å². The number of hydrogen-bond donors (Lipinski definition) is 1. The fourth-order valence-electron chi connectivity index (χ4n) is 3.63. The predicted octanol–water partition coefficient (Wildman–Crippen LogP) is 4.87. The van der Waals surface area contributed by atoms with Crippen molar-refractivity contribution in [1.82, 2.24) is 0 Å². The van der Waals surface area contributed by atoms with E-state index >= 15 is 0 Å². The molecule has 1 N–H and O–H groups in total. The Hall–Kier alpha value is -3.67. The normalized spacial score (nSPS) is 15.2. The van der Waals surface area contributed by atoms with Crippen LogP contribution in [0.15, 0.2) is 66.7 Å².